The van der Waals surface area contributed by atoms with Gasteiger partial charge < -0.3 is 5.32 Å². The Kier molecular flexibility index (Phi) is 7.92. The molecule has 0 aliphatic heterocycles. The lowest BCUT2D eigenvalue weighted by Crippen LogP contribution is -2.37. The second-order valence-electron chi connectivity index (χ2n) is 9.34. The second kappa shape index (κ2) is 9.82. The van der Waals surface area contributed by atoms with Gasteiger partial charge in [-0.1, -0.05) is 70.6 Å². The molecule has 1 aromatic heterocycles. The Labute approximate surface area is 184 Å². The molecule has 0 spiro atoms. The van der Waals surface area contributed by atoms with E-state index in [0.717, 1.165) is 11.3 Å². The average Bonchev–Trinajstić information content (AvgIpc) is 2.66. The van der Waals surface area contributed by atoms with Gasteiger partial charge >= 0.3 is 0 Å². The predicted molar refractivity (Wildman–Crippen MR) is 125 cm³/mol. The van der Waals surface area contributed by atoms with Crippen LogP contribution < -0.4 is 10.9 Å². The highest BCUT2D eigenvalue weighted by Crippen LogP contribution is 2.23. The summed E-state index contributed by atoms with van der Waals surface area (Å²) >= 11 is 1.30. The van der Waals surface area contributed by atoms with Gasteiger partial charge in [-0.25, -0.2) is 4.98 Å². The lowest BCUT2D eigenvalue weighted by molar-refractivity contribution is -0.119. The maximum absolute atomic E-state index is 13.0. The molecule has 0 fully saturated rings. The fraction of sp³-hybridized carbons (Fsp3) is 0.542. The largest absolute Gasteiger partial charge is 0.353 e. The number of carbonyl (C=O) groups excluding carboxylic acids is 1. The van der Waals surface area contributed by atoms with Gasteiger partial charge in [0.1, 0.15) is 0 Å². The third-order valence-corrected chi connectivity index (χ3v) is 6.50. The second-order valence-corrected chi connectivity index (χ2v) is 10.3. The van der Waals surface area contributed by atoms with E-state index >= 15 is 0 Å². The molecule has 1 amide bonds. The van der Waals surface area contributed by atoms with E-state index < -0.39 is 0 Å². The summed E-state index contributed by atoms with van der Waals surface area (Å²) in [5.74, 6) is 0.571. The lowest BCUT2D eigenvalue weighted by atomic mass is 9.86. The molecule has 1 atom stereocenters. The standard InChI is InChI=1S/C24H35N3O2S/c1-15(2)16(3)25-21(28)14-30-23-26-17(4)20(22(29)27(23)8)13-18-9-11-19(12-10-18)24(5,6)7/h9-12,15-16H,13-14H2,1-8H3,(H,25,28). The van der Waals surface area contributed by atoms with E-state index in [4.69, 9.17) is 0 Å². The first-order valence-corrected chi connectivity index (χ1v) is 11.5. The number of hydrogen-bond donors (Lipinski definition) is 1. The van der Waals surface area contributed by atoms with Gasteiger partial charge in [0.25, 0.3) is 5.56 Å². The lowest BCUT2D eigenvalue weighted by Gasteiger charge is -2.19. The van der Waals surface area contributed by atoms with Crippen molar-refractivity contribution in [2.45, 2.75) is 71.5 Å². The van der Waals surface area contributed by atoms with Crippen molar-refractivity contribution in [3.63, 3.8) is 0 Å². The molecular formula is C24H35N3O2S. The van der Waals surface area contributed by atoms with Crippen molar-refractivity contribution in [1.82, 2.24) is 14.9 Å². The monoisotopic (exact) mass is 429 g/mol. The Morgan fingerprint density at radius 1 is 1.17 bits per heavy atom. The first kappa shape index (κ1) is 24.2. The molecule has 1 unspecified atom stereocenters. The number of nitrogens with zero attached hydrogens (tertiary/aromatic N) is 2. The van der Waals surface area contributed by atoms with Crippen LogP contribution in [0.25, 0.3) is 0 Å². The minimum absolute atomic E-state index is 0.0453. The third kappa shape index (κ3) is 6.21. The van der Waals surface area contributed by atoms with Crippen molar-refractivity contribution in [1.29, 1.82) is 0 Å². The van der Waals surface area contributed by atoms with Crippen LogP contribution in [0.2, 0.25) is 0 Å². The topological polar surface area (TPSA) is 64.0 Å². The summed E-state index contributed by atoms with van der Waals surface area (Å²) in [5.41, 5.74) is 3.82. The van der Waals surface area contributed by atoms with Gasteiger partial charge in [0.15, 0.2) is 5.16 Å². The van der Waals surface area contributed by atoms with Crippen LogP contribution in [-0.2, 0) is 23.7 Å². The summed E-state index contributed by atoms with van der Waals surface area (Å²) in [6, 6.07) is 8.54. The number of aryl methyl sites for hydroxylation is 1. The highest BCUT2D eigenvalue weighted by atomic mass is 32.2. The molecule has 1 aromatic carbocycles. The molecule has 30 heavy (non-hydrogen) atoms. The number of hydrogen-bond acceptors (Lipinski definition) is 4. The van der Waals surface area contributed by atoms with Crippen LogP contribution >= 0.6 is 11.8 Å². The SMILES string of the molecule is Cc1nc(SCC(=O)NC(C)C(C)C)n(C)c(=O)c1Cc1ccc(C(C)(C)C)cc1. The average molecular weight is 430 g/mol. The van der Waals surface area contributed by atoms with Gasteiger partial charge in [-0.15, -0.1) is 0 Å². The minimum Gasteiger partial charge on any atom is -0.353 e. The Hall–Kier alpha value is -2.08. The molecule has 2 aromatic rings. The van der Waals surface area contributed by atoms with Gasteiger partial charge in [-0.3, -0.25) is 14.2 Å². The van der Waals surface area contributed by atoms with Gasteiger partial charge in [-0.05, 0) is 36.3 Å². The summed E-state index contributed by atoms with van der Waals surface area (Å²) in [6.07, 6.45) is 0.549. The first-order valence-electron chi connectivity index (χ1n) is 10.5. The van der Waals surface area contributed by atoms with Crippen LogP contribution in [0.5, 0.6) is 0 Å². The van der Waals surface area contributed by atoms with Gasteiger partial charge in [0.05, 0.1) is 5.75 Å². The smallest absolute Gasteiger partial charge is 0.257 e. The molecule has 5 nitrogen and oxygen atoms in total. The number of thioether (sulfide) groups is 1. The van der Waals surface area contributed by atoms with E-state index in [1.807, 2.05) is 13.8 Å². The maximum atomic E-state index is 13.0. The highest BCUT2D eigenvalue weighted by Gasteiger charge is 2.17. The van der Waals surface area contributed by atoms with E-state index in [1.54, 1.807) is 11.6 Å². The third-order valence-electron chi connectivity index (χ3n) is 5.47. The molecule has 1 heterocycles. The molecule has 0 aliphatic rings. The molecule has 0 saturated carbocycles. The molecule has 1 N–H and O–H groups in total. The molecule has 0 radical (unpaired) electrons. The summed E-state index contributed by atoms with van der Waals surface area (Å²) in [7, 11) is 1.72. The van der Waals surface area contributed by atoms with Gasteiger partial charge in [0.2, 0.25) is 5.91 Å². The van der Waals surface area contributed by atoms with Crippen LogP contribution in [0.3, 0.4) is 0 Å². The maximum Gasteiger partial charge on any atom is 0.257 e. The van der Waals surface area contributed by atoms with Gasteiger partial charge in [0, 0.05) is 30.8 Å². The summed E-state index contributed by atoms with van der Waals surface area (Å²) in [5, 5.41) is 3.55. The van der Waals surface area contributed by atoms with E-state index in [0.29, 0.717) is 23.1 Å². The zero-order chi connectivity index (χ0) is 22.6. The van der Waals surface area contributed by atoms with Gasteiger partial charge in [-0.2, -0.15) is 0 Å². The Morgan fingerprint density at radius 2 is 1.77 bits per heavy atom. The summed E-state index contributed by atoms with van der Waals surface area (Å²) in [6.45, 7) is 14.6. The van der Waals surface area contributed by atoms with Crippen molar-refractivity contribution < 1.29 is 4.79 Å². The Morgan fingerprint density at radius 3 is 2.30 bits per heavy atom. The Balaban J connectivity index is 2.14. The van der Waals surface area contributed by atoms with Crippen molar-refractivity contribution in [2.24, 2.45) is 13.0 Å². The number of benzene rings is 1. The van der Waals surface area contributed by atoms with E-state index in [9.17, 15) is 9.59 Å². The number of amides is 1. The normalized spacial score (nSPS) is 12.8. The molecule has 6 heteroatoms. The zero-order valence-electron chi connectivity index (χ0n) is 19.5. The van der Waals surface area contributed by atoms with Crippen LogP contribution in [0.15, 0.2) is 34.2 Å². The van der Waals surface area contributed by atoms with E-state index in [2.05, 4.69) is 69.2 Å². The van der Waals surface area contributed by atoms with E-state index in [1.165, 1.54) is 17.3 Å². The molecule has 2 rings (SSSR count). The fourth-order valence-corrected chi connectivity index (χ4v) is 3.80. The summed E-state index contributed by atoms with van der Waals surface area (Å²) < 4.78 is 1.55. The molecule has 0 bridgehead atoms. The van der Waals surface area contributed by atoms with Crippen LogP contribution in [-0.4, -0.2) is 27.3 Å². The number of rotatable bonds is 7. The first-order chi connectivity index (χ1) is 13.9. The van der Waals surface area contributed by atoms with Crippen molar-refractivity contribution in [3.8, 4) is 0 Å². The quantitative estimate of drug-likeness (QED) is 0.528. The predicted octanol–water partition coefficient (Wildman–Crippen LogP) is 4.23. The number of nitrogens with one attached hydrogen (secondary N) is 1. The molecule has 0 aliphatic carbocycles. The number of aromatic nitrogens is 2. The number of carbonyl (C=O) groups is 1. The van der Waals surface area contributed by atoms with E-state index in [-0.39, 0.29) is 28.7 Å². The summed E-state index contributed by atoms with van der Waals surface area (Å²) in [4.78, 5) is 29.8. The Bertz CT molecular complexity index is 941. The molecular weight excluding hydrogens is 394 g/mol. The van der Waals surface area contributed by atoms with Crippen molar-refractivity contribution in [3.05, 3.63) is 57.0 Å². The van der Waals surface area contributed by atoms with Crippen LogP contribution in [0.4, 0.5) is 0 Å². The zero-order valence-corrected chi connectivity index (χ0v) is 20.3. The van der Waals surface area contributed by atoms with Crippen LogP contribution in [0.1, 0.15) is 63.9 Å². The van der Waals surface area contributed by atoms with Crippen LogP contribution in [0, 0.1) is 12.8 Å². The van der Waals surface area contributed by atoms with Crippen molar-refractivity contribution in [2.75, 3.05) is 5.75 Å². The van der Waals surface area contributed by atoms with Crippen molar-refractivity contribution >= 4 is 17.7 Å². The fourth-order valence-electron chi connectivity index (χ4n) is 2.98. The molecule has 0 saturated heterocycles. The highest BCUT2D eigenvalue weighted by molar-refractivity contribution is 7.99. The molecule has 164 valence electrons. The minimum atomic E-state index is -0.0548.